The average molecular weight is 357 g/mol. The average Bonchev–Trinajstić information content (AvgIpc) is 3.02. The summed E-state index contributed by atoms with van der Waals surface area (Å²) < 4.78 is 5.35. The fraction of sp³-hybridized carbons (Fsp3) is 0.571. The maximum Gasteiger partial charge on any atom is 0.119 e. The van der Waals surface area contributed by atoms with Crippen LogP contribution in [0.4, 0.5) is 0 Å². The fourth-order valence-corrected chi connectivity index (χ4v) is 4.09. The number of likely N-dealkylation sites (tertiary alicyclic amines) is 1. The van der Waals surface area contributed by atoms with E-state index in [-0.39, 0.29) is 12.0 Å². The summed E-state index contributed by atoms with van der Waals surface area (Å²) >= 11 is 0. The van der Waals surface area contributed by atoms with Crippen molar-refractivity contribution >= 4 is 0 Å². The van der Waals surface area contributed by atoms with Crippen molar-refractivity contribution < 1.29 is 9.84 Å². The van der Waals surface area contributed by atoms with Crippen LogP contribution in [0.2, 0.25) is 0 Å². The molecule has 5 nitrogen and oxygen atoms in total. The molecule has 0 aliphatic carbocycles. The lowest BCUT2D eigenvalue weighted by Gasteiger charge is -2.42. The van der Waals surface area contributed by atoms with Gasteiger partial charge in [-0.25, -0.2) is 4.98 Å². The van der Waals surface area contributed by atoms with Crippen molar-refractivity contribution in [2.24, 2.45) is 5.41 Å². The van der Waals surface area contributed by atoms with Gasteiger partial charge in [0, 0.05) is 30.6 Å². The summed E-state index contributed by atoms with van der Waals surface area (Å²) in [6.07, 6.45) is 3.96. The van der Waals surface area contributed by atoms with Crippen molar-refractivity contribution in [3.63, 3.8) is 0 Å². The molecule has 0 radical (unpaired) electrons. The molecule has 1 aliphatic rings. The number of aliphatic hydroxyl groups excluding tert-OH is 1. The van der Waals surface area contributed by atoms with Gasteiger partial charge in [-0.2, -0.15) is 0 Å². The Kier molecular flexibility index (Phi) is 5.99. The van der Waals surface area contributed by atoms with Gasteiger partial charge >= 0.3 is 0 Å². The maximum atomic E-state index is 10.2. The monoisotopic (exact) mass is 357 g/mol. The van der Waals surface area contributed by atoms with Crippen LogP contribution in [0.15, 0.2) is 24.3 Å². The summed E-state index contributed by atoms with van der Waals surface area (Å²) in [5.74, 6) is 1.93. The van der Waals surface area contributed by atoms with Gasteiger partial charge in [-0.1, -0.05) is 19.1 Å². The molecular weight excluding hydrogens is 326 g/mol. The number of nitrogens with one attached hydrogen (secondary N) is 1. The first kappa shape index (κ1) is 18.9. The maximum absolute atomic E-state index is 10.2. The highest BCUT2D eigenvalue weighted by molar-refractivity contribution is 5.29. The summed E-state index contributed by atoms with van der Waals surface area (Å²) in [4.78, 5) is 10.5. The van der Waals surface area contributed by atoms with Gasteiger partial charge in [0.2, 0.25) is 0 Å². The number of hydrogen-bond donors (Lipinski definition) is 2. The van der Waals surface area contributed by atoms with E-state index in [9.17, 15) is 5.11 Å². The minimum Gasteiger partial charge on any atom is -0.497 e. The van der Waals surface area contributed by atoms with Gasteiger partial charge in [0.15, 0.2) is 0 Å². The van der Waals surface area contributed by atoms with Gasteiger partial charge in [0.25, 0.3) is 0 Å². The molecule has 1 aromatic carbocycles. The Balaban J connectivity index is 1.72. The number of piperidine rings is 1. The lowest BCUT2D eigenvalue weighted by molar-refractivity contribution is 0.0283. The van der Waals surface area contributed by atoms with Gasteiger partial charge < -0.3 is 14.8 Å². The zero-order chi connectivity index (χ0) is 18.6. The third-order valence-corrected chi connectivity index (χ3v) is 5.53. The number of rotatable bonds is 7. The SMILES string of the molecule is CCc1nc(CN2CCCC(CO)(Cc3cccc(OC)c3)C2)c(C)[nH]1. The molecule has 1 aliphatic heterocycles. The van der Waals surface area contributed by atoms with E-state index in [4.69, 9.17) is 9.72 Å². The minimum absolute atomic E-state index is 0.0948. The molecule has 1 atom stereocenters. The molecule has 26 heavy (non-hydrogen) atoms. The van der Waals surface area contributed by atoms with Crippen LogP contribution in [0.1, 0.15) is 42.5 Å². The van der Waals surface area contributed by atoms with Gasteiger partial charge in [0.1, 0.15) is 11.6 Å². The molecule has 3 rings (SSSR count). The molecule has 2 heterocycles. The largest absolute Gasteiger partial charge is 0.497 e. The molecule has 1 aromatic heterocycles. The molecule has 1 fully saturated rings. The van der Waals surface area contributed by atoms with Gasteiger partial charge in [0.05, 0.1) is 19.4 Å². The summed E-state index contributed by atoms with van der Waals surface area (Å²) in [7, 11) is 1.69. The van der Waals surface area contributed by atoms with Crippen LogP contribution in [0.25, 0.3) is 0 Å². The molecule has 2 N–H and O–H groups in total. The topological polar surface area (TPSA) is 61.4 Å². The smallest absolute Gasteiger partial charge is 0.119 e. The number of H-pyrrole nitrogens is 1. The van der Waals surface area contributed by atoms with Crippen LogP contribution >= 0.6 is 0 Å². The first-order valence-electron chi connectivity index (χ1n) is 9.58. The van der Waals surface area contributed by atoms with Crippen LogP contribution in [0.3, 0.4) is 0 Å². The number of ether oxygens (including phenoxy) is 1. The van der Waals surface area contributed by atoms with E-state index in [0.717, 1.165) is 68.3 Å². The van der Waals surface area contributed by atoms with Crippen molar-refractivity contribution in [3.05, 3.63) is 47.0 Å². The second kappa shape index (κ2) is 8.23. The number of nitrogens with zero attached hydrogens (tertiary/aromatic N) is 2. The van der Waals surface area contributed by atoms with E-state index in [1.165, 1.54) is 5.56 Å². The Hall–Kier alpha value is -1.85. The third-order valence-electron chi connectivity index (χ3n) is 5.53. The highest BCUT2D eigenvalue weighted by atomic mass is 16.5. The molecule has 1 unspecified atom stereocenters. The van der Waals surface area contributed by atoms with Crippen molar-refractivity contribution in [3.8, 4) is 5.75 Å². The molecule has 2 aromatic rings. The quantitative estimate of drug-likeness (QED) is 0.799. The van der Waals surface area contributed by atoms with Gasteiger partial charge in [-0.05, 0) is 50.4 Å². The predicted octanol–water partition coefficient (Wildman–Crippen LogP) is 3.11. The molecule has 0 amide bonds. The van der Waals surface area contributed by atoms with E-state index in [1.807, 2.05) is 12.1 Å². The number of aromatic nitrogens is 2. The molecule has 1 saturated heterocycles. The molecule has 0 saturated carbocycles. The van der Waals surface area contributed by atoms with Crippen LogP contribution in [0, 0.1) is 12.3 Å². The van der Waals surface area contributed by atoms with E-state index >= 15 is 0 Å². The Morgan fingerprint density at radius 1 is 1.38 bits per heavy atom. The number of methoxy groups -OCH3 is 1. The summed E-state index contributed by atoms with van der Waals surface area (Å²) in [6, 6.07) is 8.21. The van der Waals surface area contributed by atoms with Crippen molar-refractivity contribution in [2.75, 3.05) is 26.8 Å². The molecule has 142 valence electrons. The third kappa shape index (κ3) is 4.27. The van der Waals surface area contributed by atoms with Crippen LogP contribution in [0.5, 0.6) is 5.75 Å². The Bertz CT molecular complexity index is 728. The first-order chi connectivity index (χ1) is 12.6. The first-order valence-corrected chi connectivity index (χ1v) is 9.58. The van der Waals surface area contributed by atoms with Gasteiger partial charge in [-0.15, -0.1) is 0 Å². The Morgan fingerprint density at radius 3 is 2.92 bits per heavy atom. The van der Waals surface area contributed by atoms with Crippen LogP contribution < -0.4 is 4.74 Å². The number of benzene rings is 1. The van der Waals surface area contributed by atoms with E-state index in [1.54, 1.807) is 7.11 Å². The van der Waals surface area contributed by atoms with Crippen molar-refractivity contribution in [2.45, 2.75) is 46.1 Å². The van der Waals surface area contributed by atoms with Crippen molar-refractivity contribution in [1.82, 2.24) is 14.9 Å². The van der Waals surface area contributed by atoms with Crippen LogP contribution in [-0.2, 0) is 19.4 Å². The molecule has 0 bridgehead atoms. The number of hydrogen-bond acceptors (Lipinski definition) is 4. The number of aromatic amines is 1. The molecule has 5 heteroatoms. The summed E-state index contributed by atoms with van der Waals surface area (Å²) in [5, 5.41) is 10.2. The van der Waals surface area contributed by atoms with E-state index < -0.39 is 0 Å². The lowest BCUT2D eigenvalue weighted by atomic mass is 9.75. The minimum atomic E-state index is -0.0948. The number of aryl methyl sites for hydroxylation is 2. The Labute approximate surface area is 156 Å². The second-order valence-electron chi connectivity index (χ2n) is 7.61. The zero-order valence-corrected chi connectivity index (χ0v) is 16.2. The number of aliphatic hydroxyl groups is 1. The fourth-order valence-electron chi connectivity index (χ4n) is 4.09. The molecule has 0 spiro atoms. The Morgan fingerprint density at radius 2 is 2.23 bits per heavy atom. The van der Waals surface area contributed by atoms with E-state index in [0.29, 0.717) is 0 Å². The lowest BCUT2D eigenvalue weighted by Crippen LogP contribution is -2.46. The van der Waals surface area contributed by atoms with Crippen molar-refractivity contribution in [1.29, 1.82) is 0 Å². The zero-order valence-electron chi connectivity index (χ0n) is 16.2. The number of imidazole rings is 1. The second-order valence-corrected chi connectivity index (χ2v) is 7.61. The highest BCUT2D eigenvalue weighted by Crippen LogP contribution is 2.34. The highest BCUT2D eigenvalue weighted by Gasteiger charge is 2.35. The van der Waals surface area contributed by atoms with Crippen LogP contribution in [-0.4, -0.2) is 46.8 Å². The summed E-state index contributed by atoms with van der Waals surface area (Å²) in [5.41, 5.74) is 3.43. The van der Waals surface area contributed by atoms with Gasteiger partial charge in [-0.3, -0.25) is 4.90 Å². The normalized spacial score (nSPS) is 21.1. The standard InChI is InChI=1S/C21H31N3O2/c1-4-20-22-16(2)19(23-20)13-24-10-6-9-21(14-24,15-25)12-17-7-5-8-18(11-17)26-3/h5,7-8,11,25H,4,6,9-10,12-15H2,1-3H3,(H,22,23). The van der Waals surface area contributed by atoms with E-state index in [2.05, 4.69) is 35.9 Å². The summed E-state index contributed by atoms with van der Waals surface area (Å²) in [6.45, 7) is 7.24. The molecular formula is C21H31N3O2. The predicted molar refractivity (Wildman–Crippen MR) is 103 cm³/mol.